The van der Waals surface area contributed by atoms with Crippen LogP contribution in [0.1, 0.15) is 47.8 Å². The topological polar surface area (TPSA) is 393 Å². The van der Waals surface area contributed by atoms with E-state index in [0.29, 0.717) is 39.5 Å². The first-order valence-corrected chi connectivity index (χ1v) is 28.1. The number of tetrazole rings is 2. The molecule has 25 nitrogen and oxygen atoms in total. The van der Waals surface area contributed by atoms with Gasteiger partial charge in [0.1, 0.15) is 11.9 Å². The molecule has 0 aliphatic rings. The summed E-state index contributed by atoms with van der Waals surface area (Å²) in [5, 5.41) is 73.3. The first-order valence-electron chi connectivity index (χ1n) is 26.9. The van der Waals surface area contributed by atoms with Crippen molar-refractivity contribution in [1.82, 2.24) is 64.9 Å². The molecule has 8 aromatic carbocycles. The first kappa shape index (κ1) is 77.2. The summed E-state index contributed by atoms with van der Waals surface area (Å²) < 4.78 is 18.1. The van der Waals surface area contributed by atoms with Crippen LogP contribution in [0.25, 0.3) is 99.4 Å². The molecule has 5 N–H and O–H groups in total. The van der Waals surface area contributed by atoms with Gasteiger partial charge >= 0.3 is 59.1 Å². The molecule has 14 aromatic rings. The quantitative estimate of drug-likeness (QED) is 0.0158. The van der Waals surface area contributed by atoms with Gasteiger partial charge in [-0.1, -0.05) is 72.8 Å². The van der Waals surface area contributed by atoms with Crippen LogP contribution >= 0.6 is 23.4 Å². The number of halogens is 3. The second-order valence-electron chi connectivity index (χ2n) is 18.2. The number of nitrogens with one attached hydrogen (secondary N) is 4. The Bertz CT molecular complexity index is 4890. The molecule has 96 heavy (non-hydrogen) atoms. The molecule has 0 aliphatic heterocycles. The summed E-state index contributed by atoms with van der Waals surface area (Å²) in [6.07, 6.45) is 11.3. The van der Waals surface area contributed by atoms with Gasteiger partial charge in [-0.3, -0.25) is 19.3 Å². The number of carbonyl (C=O) groups excluding carboxylic acids is 4. The van der Waals surface area contributed by atoms with Gasteiger partial charge < -0.3 is 44.9 Å². The van der Waals surface area contributed by atoms with Gasteiger partial charge in [0, 0.05) is 121 Å². The van der Waals surface area contributed by atoms with Crippen molar-refractivity contribution in [3.05, 3.63) is 274 Å². The molecule has 0 spiro atoms. The van der Waals surface area contributed by atoms with Gasteiger partial charge in [-0.2, -0.15) is 26.2 Å². The van der Waals surface area contributed by atoms with Crippen LogP contribution in [-0.4, -0.2) is 96.9 Å². The van der Waals surface area contributed by atoms with Crippen molar-refractivity contribution >= 4 is 92.3 Å². The van der Waals surface area contributed by atoms with E-state index in [4.69, 9.17) is 36.7 Å². The van der Waals surface area contributed by atoms with Gasteiger partial charge in [0.05, 0.1) is 45.4 Å². The maximum Gasteiger partial charge on any atom is 1.00 e. The minimum Gasteiger partial charge on any atom is -0.554 e. The molecule has 0 saturated heterocycles. The normalized spacial score (nSPS) is 9.40. The summed E-state index contributed by atoms with van der Waals surface area (Å²) in [4.78, 5) is 46.8. The van der Waals surface area contributed by atoms with Gasteiger partial charge in [-0.15, -0.1) is 37.0 Å². The van der Waals surface area contributed by atoms with Gasteiger partial charge in [0.25, 0.3) is 0 Å². The number of para-hydroxylation sites is 4. The second-order valence-corrected chi connectivity index (χ2v) is 18.4. The van der Waals surface area contributed by atoms with Crippen LogP contribution < -0.4 is 69.2 Å². The van der Waals surface area contributed by atoms with Crippen LogP contribution in [-0.2, 0) is 4.79 Å². The Morgan fingerprint density at radius 1 is 0.531 bits per heavy atom. The SMILES string of the molecule is CCl.N#Cc1ccc(-n2cc(C=O)c3ccccc32)cc1.N#Cc1ccc(F)cc1.N#Cc1cn(-c2ccc(-c3nn[nH]n3)cc2)c2ccccc12.O=C[O-].O=Cc1c[nH]c2ccccc12.O=Cc1cn(-c2ccc(-c3nn[nH]n3)cc2)c2ccccc12.ONCl.[N-]=[N+]=[N-].[Na+].[Na+]. The predicted molar refractivity (Wildman–Crippen MR) is 350 cm³/mol. The zero-order chi connectivity index (χ0) is 67.6. The number of aromatic amines is 3. The van der Waals surface area contributed by atoms with E-state index in [-0.39, 0.29) is 64.9 Å². The third-order valence-corrected chi connectivity index (χ3v) is 13.1. The number of aldehydes is 3. The van der Waals surface area contributed by atoms with Crippen LogP contribution in [0.5, 0.6) is 0 Å². The van der Waals surface area contributed by atoms with Crippen LogP contribution in [0, 0.1) is 39.8 Å². The fourth-order valence-corrected chi connectivity index (χ4v) is 9.03. The number of aromatic nitrogens is 12. The zero-order valence-electron chi connectivity index (χ0n) is 50.9. The molecule has 14 rings (SSSR count). The number of hydrogen-bond donors (Lipinski definition) is 5. The van der Waals surface area contributed by atoms with Crippen molar-refractivity contribution in [3.8, 4) is 58.0 Å². The standard InChI is InChI=1S/C16H10N6.C16H11N5O.C16H10N2O.C9H7NO.C7H4FN.CH3Cl.CH2O2.ClH2NO.N3.2Na/c17-9-12-10-22(15-4-2-1-3-14(12)15)13-7-5-11(6-8-13)16-18-20-21-19-16;22-10-12-9-21(15-4-2-1-3-14(12)15)13-7-5-11(6-8-13)16-17-19-20-18-16;17-9-12-5-7-14(8-6-12)18-10-13(11-19)15-3-1-2-4-16(15)18;11-6-7-5-10-9-4-2-1-3-8(7)9;8-7-3-1-6(5-9)2-4-7;1-2;2-1-3;1-2-3;1-3-2;;/h1-8,10H,(H,18,19,20,21);1-10H,(H,17,18,19,20);1-8,10-11H;1-6,10H;1-4H;1H3;1H,(H,2,3);2-3H;;;/q;;;;;;;;-1;2*+1/p-1. The fraction of sp³-hybridized carbons (Fsp3) is 0.0152. The van der Waals surface area contributed by atoms with Crippen molar-refractivity contribution in [3.63, 3.8) is 0 Å². The monoisotopic (exact) mass is 1340 g/mol. The average molecular weight is 1340 g/mol. The van der Waals surface area contributed by atoms with Crippen molar-refractivity contribution in [2.24, 2.45) is 0 Å². The van der Waals surface area contributed by atoms with Gasteiger partial charge in [-0.25, -0.2) is 4.39 Å². The largest absolute Gasteiger partial charge is 1.00 e. The maximum absolute atomic E-state index is 12.1. The number of alkyl halides is 1. The number of carboxylic acid groups (broad SMARTS) is 1. The van der Waals surface area contributed by atoms with Gasteiger partial charge in [0.2, 0.25) is 11.6 Å². The zero-order valence-corrected chi connectivity index (χ0v) is 56.4. The smallest absolute Gasteiger partial charge is 0.554 e. The molecule has 6 aromatic heterocycles. The third-order valence-electron chi connectivity index (χ3n) is 13.1. The Kier molecular flexibility index (Phi) is 33.3. The van der Waals surface area contributed by atoms with Crippen molar-refractivity contribution in [1.29, 1.82) is 15.8 Å². The molecule has 0 bridgehead atoms. The maximum atomic E-state index is 12.1. The summed E-state index contributed by atoms with van der Waals surface area (Å²) in [7, 11) is 0. The van der Waals surface area contributed by atoms with Crippen LogP contribution in [0.4, 0.5) is 4.39 Å². The van der Waals surface area contributed by atoms with E-state index in [1.54, 1.807) is 18.3 Å². The van der Waals surface area contributed by atoms with Crippen molar-refractivity contribution in [2.75, 3.05) is 6.38 Å². The molecule has 0 radical (unpaired) electrons. The fourth-order valence-electron chi connectivity index (χ4n) is 9.03. The molecule has 0 unspecified atom stereocenters. The molecule has 0 atom stereocenters. The molecule has 30 heteroatoms. The number of carbonyl (C=O) groups is 4. The summed E-state index contributed by atoms with van der Waals surface area (Å²) in [5.74, 6) is 0.799. The molecule has 0 fully saturated rings. The van der Waals surface area contributed by atoms with Gasteiger partial charge in [-0.05, 0) is 132 Å². The Morgan fingerprint density at radius 3 is 1.25 bits per heavy atom. The van der Waals surface area contributed by atoms with E-state index in [1.807, 2.05) is 196 Å². The summed E-state index contributed by atoms with van der Waals surface area (Å²) in [6, 6.07) is 65.7. The summed E-state index contributed by atoms with van der Waals surface area (Å²) >= 11 is 8.94. The summed E-state index contributed by atoms with van der Waals surface area (Å²) in [6.45, 7) is -0.500. The third kappa shape index (κ3) is 20.6. The van der Waals surface area contributed by atoms with Crippen molar-refractivity contribution in [2.45, 2.75) is 0 Å². The van der Waals surface area contributed by atoms with E-state index in [9.17, 15) is 24.0 Å². The molecule has 6 heterocycles. The predicted octanol–water partition coefficient (Wildman–Crippen LogP) is 6.51. The minimum absolute atomic E-state index is 0. The molecule has 0 saturated carbocycles. The van der Waals surface area contributed by atoms with E-state index >= 15 is 0 Å². The molecule has 466 valence electrons. The van der Waals surface area contributed by atoms with E-state index in [0.717, 1.165) is 96.2 Å². The summed E-state index contributed by atoms with van der Waals surface area (Å²) in [5.41, 5.74) is 26.0. The Balaban J connectivity index is 0.000000251. The molecule has 0 amide bonds. The van der Waals surface area contributed by atoms with Crippen LogP contribution in [0.3, 0.4) is 0 Å². The number of hydrogen-bond acceptors (Lipinski definition) is 16. The number of benzene rings is 8. The number of nitriles is 3. The van der Waals surface area contributed by atoms with Crippen LogP contribution in [0.15, 0.2) is 219 Å². The first-order chi connectivity index (χ1) is 46.0. The molecular weight excluding hydrogens is 1290 g/mol. The number of H-pyrrole nitrogens is 3. The molecule has 0 aliphatic carbocycles. The van der Waals surface area contributed by atoms with Crippen LogP contribution in [0.2, 0.25) is 0 Å². The number of nitrogens with zero attached hydrogens (tertiary/aromatic N) is 15. The Hall–Kier alpha value is -11.3. The van der Waals surface area contributed by atoms with E-state index < -0.39 is 6.47 Å². The minimum atomic E-state index is -0.500. The van der Waals surface area contributed by atoms with E-state index in [2.05, 4.69) is 81.7 Å². The van der Waals surface area contributed by atoms with E-state index in [1.165, 1.54) is 40.6 Å². The number of rotatable bonds is 8. The molecular formula is C66H48Cl2FN19Na2O6. The van der Waals surface area contributed by atoms with Gasteiger partial charge in [0.15, 0.2) is 18.9 Å². The second kappa shape index (κ2) is 41.4. The number of fused-ring (bicyclic) bond motifs is 4. The van der Waals surface area contributed by atoms with Crippen molar-refractivity contribution < 1.29 is 93.0 Å². The Morgan fingerprint density at radius 2 is 0.875 bits per heavy atom. The average Bonchev–Trinajstić information content (AvgIpc) is 2.38. The Labute approximate surface area is 599 Å².